The molecule has 1 aliphatic rings. The topological polar surface area (TPSA) is 38.9 Å². The Balaban J connectivity index is 1.84. The van der Waals surface area contributed by atoms with E-state index in [-0.39, 0.29) is 6.04 Å². The van der Waals surface area contributed by atoms with Crippen molar-refractivity contribution in [2.45, 2.75) is 65.3 Å². The highest BCUT2D eigenvalue weighted by atomic mass is 14.7. The van der Waals surface area contributed by atoms with Gasteiger partial charge in [0, 0.05) is 24.4 Å². The zero-order chi connectivity index (χ0) is 14.5. The van der Waals surface area contributed by atoms with Crippen molar-refractivity contribution in [2.24, 2.45) is 23.5 Å². The standard InChI is InChI=1S/C18H30N2/c1-4-14-5-10-17(20-12-14)11-18(19)16-8-6-15(7-9-16)13(2)3/h5,10,12-13,15-16,18H,4,6-9,11,19H2,1-3H3. The summed E-state index contributed by atoms with van der Waals surface area (Å²) in [6, 6.07) is 4.62. The Hall–Kier alpha value is -0.890. The van der Waals surface area contributed by atoms with E-state index in [1.807, 2.05) is 6.20 Å². The summed E-state index contributed by atoms with van der Waals surface area (Å²) in [6.45, 7) is 6.86. The minimum atomic E-state index is 0.281. The molecule has 1 fully saturated rings. The lowest BCUT2D eigenvalue weighted by Gasteiger charge is -2.33. The fourth-order valence-corrected chi connectivity index (χ4v) is 3.43. The van der Waals surface area contributed by atoms with Crippen LogP contribution in [0.4, 0.5) is 0 Å². The molecule has 1 saturated carbocycles. The molecular formula is C18H30N2. The molecular weight excluding hydrogens is 244 g/mol. The molecule has 0 aliphatic heterocycles. The first-order chi connectivity index (χ1) is 9.60. The van der Waals surface area contributed by atoms with Crippen LogP contribution in [-0.2, 0) is 12.8 Å². The molecule has 0 aromatic carbocycles. The number of aryl methyl sites for hydroxylation is 1. The fourth-order valence-electron chi connectivity index (χ4n) is 3.43. The number of hydrogen-bond acceptors (Lipinski definition) is 2. The van der Waals surface area contributed by atoms with Gasteiger partial charge in [0.05, 0.1) is 0 Å². The van der Waals surface area contributed by atoms with E-state index in [1.165, 1.54) is 31.2 Å². The van der Waals surface area contributed by atoms with Crippen LogP contribution >= 0.6 is 0 Å². The predicted molar refractivity (Wildman–Crippen MR) is 85.6 cm³/mol. The van der Waals surface area contributed by atoms with Gasteiger partial charge in [0.25, 0.3) is 0 Å². The predicted octanol–water partition coefficient (Wildman–Crippen LogP) is 3.98. The zero-order valence-corrected chi connectivity index (χ0v) is 13.3. The van der Waals surface area contributed by atoms with Gasteiger partial charge in [-0.3, -0.25) is 4.98 Å². The van der Waals surface area contributed by atoms with Gasteiger partial charge < -0.3 is 5.73 Å². The molecule has 2 N–H and O–H groups in total. The van der Waals surface area contributed by atoms with Crippen LogP contribution in [0.25, 0.3) is 0 Å². The number of pyridine rings is 1. The van der Waals surface area contributed by atoms with E-state index < -0.39 is 0 Å². The lowest BCUT2D eigenvalue weighted by Crippen LogP contribution is -2.35. The van der Waals surface area contributed by atoms with Gasteiger partial charge in [-0.2, -0.15) is 0 Å². The Morgan fingerprint density at radius 2 is 1.80 bits per heavy atom. The van der Waals surface area contributed by atoms with Gasteiger partial charge >= 0.3 is 0 Å². The van der Waals surface area contributed by atoms with Gasteiger partial charge in [-0.1, -0.05) is 26.8 Å². The zero-order valence-electron chi connectivity index (χ0n) is 13.3. The quantitative estimate of drug-likeness (QED) is 0.882. The maximum absolute atomic E-state index is 6.43. The molecule has 2 heteroatoms. The molecule has 0 saturated heterocycles. The number of rotatable bonds is 5. The van der Waals surface area contributed by atoms with Gasteiger partial charge in [0.2, 0.25) is 0 Å². The summed E-state index contributed by atoms with van der Waals surface area (Å²) in [6.07, 6.45) is 9.31. The second kappa shape index (κ2) is 7.21. The highest BCUT2D eigenvalue weighted by Gasteiger charge is 2.27. The molecule has 0 bridgehead atoms. The third kappa shape index (κ3) is 4.05. The van der Waals surface area contributed by atoms with Gasteiger partial charge in [-0.25, -0.2) is 0 Å². The molecule has 1 heterocycles. The molecule has 1 aromatic heterocycles. The van der Waals surface area contributed by atoms with E-state index in [2.05, 4.69) is 37.9 Å². The Morgan fingerprint density at radius 3 is 2.30 bits per heavy atom. The summed E-state index contributed by atoms with van der Waals surface area (Å²) in [5.41, 5.74) is 8.89. The van der Waals surface area contributed by atoms with E-state index >= 15 is 0 Å². The summed E-state index contributed by atoms with van der Waals surface area (Å²) in [5, 5.41) is 0. The van der Waals surface area contributed by atoms with E-state index in [9.17, 15) is 0 Å². The minimum Gasteiger partial charge on any atom is -0.327 e. The van der Waals surface area contributed by atoms with Crippen LogP contribution in [-0.4, -0.2) is 11.0 Å². The summed E-state index contributed by atoms with van der Waals surface area (Å²) in [5.74, 6) is 2.44. The summed E-state index contributed by atoms with van der Waals surface area (Å²) < 4.78 is 0. The van der Waals surface area contributed by atoms with Crippen LogP contribution in [0.5, 0.6) is 0 Å². The minimum absolute atomic E-state index is 0.281. The van der Waals surface area contributed by atoms with Crippen molar-refractivity contribution in [2.75, 3.05) is 0 Å². The Bertz CT molecular complexity index is 388. The second-order valence-electron chi connectivity index (χ2n) is 6.80. The molecule has 1 aliphatic carbocycles. The number of aromatic nitrogens is 1. The number of hydrogen-bond donors (Lipinski definition) is 1. The molecule has 0 spiro atoms. The molecule has 2 nitrogen and oxygen atoms in total. The average molecular weight is 274 g/mol. The van der Waals surface area contributed by atoms with Crippen molar-refractivity contribution in [3.63, 3.8) is 0 Å². The van der Waals surface area contributed by atoms with Gasteiger partial charge in [0.15, 0.2) is 0 Å². The van der Waals surface area contributed by atoms with E-state index in [1.54, 1.807) is 0 Å². The Morgan fingerprint density at radius 1 is 1.15 bits per heavy atom. The molecule has 0 amide bonds. The monoisotopic (exact) mass is 274 g/mol. The average Bonchev–Trinajstić information content (AvgIpc) is 2.48. The maximum atomic E-state index is 6.43. The number of nitrogens with two attached hydrogens (primary N) is 1. The van der Waals surface area contributed by atoms with Crippen molar-refractivity contribution in [3.8, 4) is 0 Å². The highest BCUT2D eigenvalue weighted by Crippen LogP contribution is 2.34. The van der Waals surface area contributed by atoms with E-state index in [4.69, 9.17) is 5.73 Å². The second-order valence-corrected chi connectivity index (χ2v) is 6.80. The first kappa shape index (κ1) is 15.5. The summed E-state index contributed by atoms with van der Waals surface area (Å²) >= 11 is 0. The van der Waals surface area contributed by atoms with Crippen molar-refractivity contribution < 1.29 is 0 Å². The lowest BCUT2D eigenvalue weighted by molar-refractivity contribution is 0.202. The first-order valence-corrected chi connectivity index (χ1v) is 8.29. The molecule has 1 aromatic rings. The highest BCUT2D eigenvalue weighted by molar-refractivity contribution is 5.14. The van der Waals surface area contributed by atoms with Crippen molar-refractivity contribution in [1.29, 1.82) is 0 Å². The Kier molecular flexibility index (Phi) is 5.59. The van der Waals surface area contributed by atoms with E-state index in [0.29, 0.717) is 5.92 Å². The van der Waals surface area contributed by atoms with Crippen LogP contribution in [0.2, 0.25) is 0 Å². The van der Waals surface area contributed by atoms with E-state index in [0.717, 1.165) is 30.4 Å². The fraction of sp³-hybridized carbons (Fsp3) is 0.722. The third-order valence-electron chi connectivity index (χ3n) is 5.10. The molecule has 20 heavy (non-hydrogen) atoms. The summed E-state index contributed by atoms with van der Waals surface area (Å²) in [4.78, 5) is 4.55. The van der Waals surface area contributed by atoms with Crippen LogP contribution < -0.4 is 5.73 Å². The first-order valence-electron chi connectivity index (χ1n) is 8.29. The van der Waals surface area contributed by atoms with Crippen LogP contribution in [0, 0.1) is 17.8 Å². The van der Waals surface area contributed by atoms with Gasteiger partial charge in [-0.15, -0.1) is 0 Å². The largest absolute Gasteiger partial charge is 0.327 e. The molecule has 0 radical (unpaired) electrons. The number of nitrogens with zero attached hydrogens (tertiary/aromatic N) is 1. The molecule has 1 atom stereocenters. The van der Waals surface area contributed by atoms with Gasteiger partial charge in [0.1, 0.15) is 0 Å². The lowest BCUT2D eigenvalue weighted by atomic mass is 9.74. The van der Waals surface area contributed by atoms with Crippen LogP contribution in [0.15, 0.2) is 18.3 Å². The van der Waals surface area contributed by atoms with Crippen molar-refractivity contribution >= 4 is 0 Å². The van der Waals surface area contributed by atoms with Gasteiger partial charge in [-0.05, 0) is 61.5 Å². The van der Waals surface area contributed by atoms with Crippen molar-refractivity contribution in [1.82, 2.24) is 4.98 Å². The molecule has 112 valence electrons. The normalized spacial score (nSPS) is 24.9. The third-order valence-corrected chi connectivity index (χ3v) is 5.10. The molecule has 2 rings (SSSR count). The SMILES string of the molecule is CCc1ccc(CC(N)C2CCC(C(C)C)CC2)nc1. The smallest absolute Gasteiger partial charge is 0.0419 e. The van der Waals surface area contributed by atoms with Crippen LogP contribution in [0.1, 0.15) is 57.7 Å². The Labute approximate surface area is 124 Å². The molecule has 1 unspecified atom stereocenters. The maximum Gasteiger partial charge on any atom is 0.0419 e. The summed E-state index contributed by atoms with van der Waals surface area (Å²) in [7, 11) is 0. The van der Waals surface area contributed by atoms with Crippen LogP contribution in [0.3, 0.4) is 0 Å². The van der Waals surface area contributed by atoms with Crippen molar-refractivity contribution in [3.05, 3.63) is 29.6 Å².